The van der Waals surface area contributed by atoms with E-state index >= 15 is 0 Å². The fourth-order valence-electron chi connectivity index (χ4n) is 10.9. The lowest BCUT2D eigenvalue weighted by Crippen LogP contribution is -2.62. The van der Waals surface area contributed by atoms with Crippen LogP contribution >= 0.6 is 0 Å². The van der Waals surface area contributed by atoms with Gasteiger partial charge in [-0.05, 0) is 95.7 Å². The fourth-order valence-corrected chi connectivity index (χ4v) is 10.9. The maximum atomic E-state index is 14.5. The van der Waals surface area contributed by atoms with E-state index in [2.05, 4.69) is 79.1 Å². The number of aliphatic carboxylic acids is 4. The first-order valence-corrected chi connectivity index (χ1v) is 35.1. The van der Waals surface area contributed by atoms with Gasteiger partial charge >= 0.3 is 23.9 Å². The number of nitrogens with one attached hydrogen (secondary N) is 14. The smallest absolute Gasteiger partial charge is 0.326 e. The van der Waals surface area contributed by atoms with Gasteiger partial charge in [0.2, 0.25) is 82.7 Å². The molecule has 0 radical (unpaired) electrons. The van der Waals surface area contributed by atoms with Crippen LogP contribution in [0.5, 0.6) is 0 Å². The van der Waals surface area contributed by atoms with Gasteiger partial charge in [-0.25, -0.2) is 9.78 Å². The third-order valence-corrected chi connectivity index (χ3v) is 17.3. The summed E-state index contributed by atoms with van der Waals surface area (Å²) in [6, 6.07) is -13.3. The Morgan fingerprint density at radius 3 is 1.38 bits per heavy atom. The number of nitrogens with two attached hydrogens (primary N) is 3. The van der Waals surface area contributed by atoms with E-state index in [9.17, 15) is 112 Å². The van der Waals surface area contributed by atoms with E-state index in [1.54, 1.807) is 58.0 Å². The predicted molar refractivity (Wildman–Crippen MR) is 377 cm³/mol. The van der Waals surface area contributed by atoms with Crippen LogP contribution in [-0.4, -0.2) is 240 Å². The molecule has 0 aliphatic carbocycles. The molecule has 1 fully saturated rings. The molecule has 598 valence electrons. The van der Waals surface area contributed by atoms with Crippen LogP contribution < -0.4 is 86.3 Å². The lowest BCUT2D eigenvalue weighted by atomic mass is 9.97. The molecular weight excluding hydrogens is 1420 g/mol. The quantitative estimate of drug-likeness (QED) is 0.0274. The summed E-state index contributed by atoms with van der Waals surface area (Å²) in [6.45, 7) is 9.38. The average molecular weight is 1530 g/mol. The second-order valence-corrected chi connectivity index (χ2v) is 26.4. The monoisotopic (exact) mass is 1530 g/mol. The zero-order valence-electron chi connectivity index (χ0n) is 60.8. The summed E-state index contributed by atoms with van der Waals surface area (Å²) in [5.41, 5.74) is 17.1. The number of hydrogen-bond donors (Lipinski definition) is 22. The number of hydrogen-bond acceptors (Lipinski definition) is 22. The first kappa shape index (κ1) is 91.0. The van der Waals surface area contributed by atoms with E-state index in [0.717, 1.165) is 6.92 Å². The summed E-state index contributed by atoms with van der Waals surface area (Å²) >= 11 is 0. The van der Waals surface area contributed by atoms with Crippen LogP contribution in [0, 0.1) is 11.8 Å². The molecule has 0 saturated carbocycles. The van der Waals surface area contributed by atoms with E-state index in [0.29, 0.717) is 37.8 Å². The van der Waals surface area contributed by atoms with Gasteiger partial charge in [-0.2, -0.15) is 0 Å². The number of carbonyl (C=O) groups is 18. The Hall–Kier alpha value is -11.2. The predicted octanol–water partition coefficient (Wildman–Crippen LogP) is -6.57. The largest absolute Gasteiger partial charge is 0.481 e. The molecule has 1 aliphatic rings. The van der Waals surface area contributed by atoms with Crippen LogP contribution in [-0.2, 0) is 99.1 Å². The van der Waals surface area contributed by atoms with Crippen LogP contribution in [0.4, 0.5) is 0 Å². The second kappa shape index (κ2) is 46.0. The summed E-state index contributed by atoms with van der Waals surface area (Å²) in [5, 5.41) is 81.3. The van der Waals surface area contributed by atoms with E-state index in [4.69, 9.17) is 17.2 Å². The minimum Gasteiger partial charge on any atom is -0.481 e. The van der Waals surface area contributed by atoms with Crippen LogP contribution in [0.1, 0.15) is 143 Å². The van der Waals surface area contributed by atoms with Gasteiger partial charge in [0.15, 0.2) is 0 Å². The topological polar surface area (TPSA) is 672 Å². The number of aromatic nitrogens is 2. The molecule has 2 aromatic rings. The van der Waals surface area contributed by atoms with Crippen LogP contribution in [0.3, 0.4) is 0 Å². The lowest BCUT2D eigenvalue weighted by Gasteiger charge is -2.30. The number of benzene rings is 1. The summed E-state index contributed by atoms with van der Waals surface area (Å²) in [7, 11) is 0. The molecular formula is C67H102N18O23. The number of carboxylic acid groups (broad SMARTS) is 4. The minimum absolute atomic E-state index is 0.0353. The SMILES string of the molecule is CC[C@H](C)[C@H](NC(=O)[C@H](CCC(N)=O)NC(=O)[C@@H](NC(=O)[C@H](Cc1cnc[nH]1)NC(=O)[C@H](CCC(N)=O)NC(=O)[C@H](CC(=O)O)NC(=O)[C@H](CCC(=O)O)NC(=O)[C@H](CC(=O)O)NC(=O)[C@H](Cc1ccccc1)NC(=O)[C@@H]1CCCN1)[C@@H](C)O)C(=O)N[C@@H](C)C(=O)N[C@@H](CCCCN)C(=O)N[C@H](C(=O)O)C(C)C. The number of H-pyrrole nitrogens is 1. The lowest BCUT2D eigenvalue weighted by molar-refractivity contribution is -0.144. The molecule has 14 amide bonds. The molecule has 0 unspecified atom stereocenters. The summed E-state index contributed by atoms with van der Waals surface area (Å²) < 4.78 is 0. The van der Waals surface area contributed by atoms with Crippen molar-refractivity contribution < 1.29 is 112 Å². The summed E-state index contributed by atoms with van der Waals surface area (Å²) in [4.78, 5) is 247. The Balaban J connectivity index is 1.93. The number of nitrogens with zero attached hydrogens (tertiary/aromatic N) is 1. The van der Waals surface area contributed by atoms with Crippen LogP contribution in [0.25, 0.3) is 0 Å². The number of carboxylic acids is 4. The molecule has 2 heterocycles. The highest BCUT2D eigenvalue weighted by atomic mass is 16.4. The molecule has 1 aromatic carbocycles. The average Bonchev–Trinajstić information content (AvgIpc) is 0.959. The fraction of sp³-hybridized carbons (Fsp3) is 0.597. The standard InChI is InChI=1S/C67H102N18O23/c1-7-33(4)53(65(105)74-34(5)55(95)75-39(16-11-12-24-68)59(99)83-52(32(2)3)67(107)108)84-60(100)41(19-22-48(70)88)78-66(106)54(35(6)86)85-64(104)44(27-37-30-71-31-73-37)80-57(97)40(18-21-47(69)87)76-62(102)45(28-50(91)92)81-58(98)42(20-23-49(89)90)77-63(103)46(29-51(93)94)82-61(101)43(26-36-14-9-8-10-15-36)79-56(96)38-17-13-25-72-38/h8-10,14-15,30-35,38-46,52-54,72,86H,7,11-13,16-29,68H2,1-6H3,(H2,69,87)(H2,70,88)(H,71,73)(H,74,105)(H,75,95)(H,76,102)(H,77,103)(H,78,106)(H,79,96)(H,80,97)(H,81,98)(H,82,101)(H,83,99)(H,84,100)(H,85,104)(H,89,90)(H,91,92)(H,93,94)(H,107,108)/t33-,34-,35+,38-,39-,40-,41-,42-,43-,44-,45-,46-,52-,53-,54-/m0/s1. The van der Waals surface area contributed by atoms with Gasteiger partial charge in [-0.1, -0.05) is 64.4 Å². The van der Waals surface area contributed by atoms with Gasteiger partial charge in [0.25, 0.3) is 0 Å². The van der Waals surface area contributed by atoms with Gasteiger partial charge in [-0.3, -0.25) is 81.5 Å². The molecule has 3 rings (SSSR count). The summed E-state index contributed by atoms with van der Waals surface area (Å²) in [6.07, 6.45) is -4.81. The molecule has 41 heteroatoms. The van der Waals surface area contributed by atoms with Crippen molar-refractivity contribution in [3.8, 4) is 0 Å². The number of aliphatic hydroxyl groups is 1. The minimum atomic E-state index is -2.25. The molecule has 15 atom stereocenters. The van der Waals surface area contributed by atoms with Gasteiger partial charge in [0.05, 0.1) is 31.3 Å². The first-order valence-electron chi connectivity index (χ1n) is 35.1. The van der Waals surface area contributed by atoms with E-state index in [1.807, 2.05) is 0 Å². The Bertz CT molecular complexity index is 3470. The molecule has 41 nitrogen and oxygen atoms in total. The Kier molecular flexibility index (Phi) is 38.7. The zero-order valence-corrected chi connectivity index (χ0v) is 60.8. The van der Waals surface area contributed by atoms with E-state index < -0.39 is 261 Å². The summed E-state index contributed by atoms with van der Waals surface area (Å²) in [5.74, 6) is -23.3. The number of unbranched alkanes of at least 4 members (excludes halogenated alkanes) is 1. The Morgan fingerprint density at radius 2 is 0.926 bits per heavy atom. The molecule has 1 saturated heterocycles. The number of aromatic amines is 1. The van der Waals surface area contributed by atoms with Crippen molar-refractivity contribution in [2.24, 2.45) is 29.0 Å². The van der Waals surface area contributed by atoms with Crippen LogP contribution in [0.2, 0.25) is 0 Å². The maximum Gasteiger partial charge on any atom is 0.326 e. The second-order valence-electron chi connectivity index (χ2n) is 26.4. The highest BCUT2D eigenvalue weighted by Crippen LogP contribution is 2.15. The molecule has 0 spiro atoms. The third-order valence-electron chi connectivity index (χ3n) is 17.3. The third kappa shape index (κ3) is 32.2. The highest BCUT2D eigenvalue weighted by molar-refractivity contribution is 6.01. The number of carbonyl (C=O) groups excluding carboxylic acids is 14. The van der Waals surface area contributed by atoms with E-state index in [1.165, 1.54) is 19.4 Å². The van der Waals surface area contributed by atoms with Crippen molar-refractivity contribution in [1.82, 2.24) is 79.1 Å². The zero-order chi connectivity index (χ0) is 81.1. The molecule has 25 N–H and O–H groups in total. The molecule has 1 aliphatic heterocycles. The van der Waals surface area contributed by atoms with Gasteiger partial charge < -0.3 is 117 Å². The molecule has 1 aromatic heterocycles. The van der Waals surface area contributed by atoms with Crippen molar-refractivity contribution in [2.75, 3.05) is 13.1 Å². The number of aliphatic hydroxyl groups excluding tert-OH is 1. The van der Waals surface area contributed by atoms with Crippen molar-refractivity contribution in [2.45, 2.75) is 229 Å². The number of imidazole rings is 1. The first-order chi connectivity index (χ1) is 50.8. The van der Waals surface area contributed by atoms with Crippen molar-refractivity contribution in [1.29, 1.82) is 0 Å². The Morgan fingerprint density at radius 1 is 0.491 bits per heavy atom. The van der Waals surface area contributed by atoms with Gasteiger partial charge in [-0.15, -0.1) is 0 Å². The van der Waals surface area contributed by atoms with Crippen LogP contribution in [0.15, 0.2) is 42.9 Å². The van der Waals surface area contributed by atoms with Crippen molar-refractivity contribution in [3.63, 3.8) is 0 Å². The molecule has 108 heavy (non-hydrogen) atoms. The Labute approximate surface area is 620 Å². The van der Waals surface area contributed by atoms with Crippen molar-refractivity contribution >= 4 is 107 Å². The number of rotatable bonds is 50. The normalized spacial score (nSPS) is 16.4. The number of primary amides is 2. The maximum absolute atomic E-state index is 14.5. The van der Waals surface area contributed by atoms with E-state index in [-0.39, 0.29) is 31.5 Å². The van der Waals surface area contributed by atoms with Gasteiger partial charge in [0, 0.05) is 44.0 Å². The van der Waals surface area contributed by atoms with Crippen molar-refractivity contribution in [3.05, 3.63) is 54.1 Å². The molecule has 0 bridgehead atoms. The number of amides is 14. The van der Waals surface area contributed by atoms with Gasteiger partial charge in [0.1, 0.15) is 72.5 Å². The highest BCUT2D eigenvalue weighted by Gasteiger charge is 2.40.